The predicted octanol–water partition coefficient (Wildman–Crippen LogP) is 6.27. The maximum absolute atomic E-state index is 14.2. The standard InChI is InChI=1S/C28H23F2N3O5S/c1-15-7-17(8-16(2)26(15)36-3)21-14-31-12-19-10-24(38-27(19)21)18-9-23(28(37-4)32-13-18)33-39(34,35)25-6-5-20(29)11-22(25)30/h5-14,33H,1-4H3. The van der Waals surface area contributed by atoms with Crippen molar-refractivity contribution in [2.75, 3.05) is 18.9 Å². The number of furan rings is 1. The Morgan fingerprint density at radius 1 is 0.897 bits per heavy atom. The Morgan fingerprint density at radius 3 is 2.31 bits per heavy atom. The third-order valence-electron chi connectivity index (χ3n) is 6.15. The normalized spacial score (nSPS) is 11.5. The van der Waals surface area contributed by atoms with Gasteiger partial charge in [0, 0.05) is 41.2 Å². The van der Waals surface area contributed by atoms with Crippen LogP contribution in [-0.4, -0.2) is 32.6 Å². The minimum Gasteiger partial charge on any atom is -0.496 e. The summed E-state index contributed by atoms with van der Waals surface area (Å²) in [5.74, 6) is -0.977. The van der Waals surface area contributed by atoms with Crippen LogP contribution in [0.4, 0.5) is 14.5 Å². The van der Waals surface area contributed by atoms with Gasteiger partial charge in [0.1, 0.15) is 39.3 Å². The minimum absolute atomic E-state index is 0.0486. The molecule has 1 N–H and O–H groups in total. The number of anilines is 1. The van der Waals surface area contributed by atoms with Crippen molar-refractivity contribution in [1.82, 2.24) is 9.97 Å². The number of halogens is 2. The lowest BCUT2D eigenvalue weighted by Crippen LogP contribution is -2.15. The highest BCUT2D eigenvalue weighted by Crippen LogP contribution is 2.38. The molecule has 0 saturated carbocycles. The van der Waals surface area contributed by atoms with Gasteiger partial charge in [-0.1, -0.05) is 0 Å². The Hall–Kier alpha value is -4.51. The van der Waals surface area contributed by atoms with Gasteiger partial charge in [-0.05, 0) is 66.9 Å². The molecule has 0 bridgehead atoms. The van der Waals surface area contributed by atoms with E-state index in [4.69, 9.17) is 13.9 Å². The van der Waals surface area contributed by atoms with Gasteiger partial charge >= 0.3 is 0 Å². The topological polar surface area (TPSA) is 104 Å². The van der Waals surface area contributed by atoms with Crippen molar-refractivity contribution >= 4 is 26.7 Å². The Labute approximate surface area is 223 Å². The molecule has 5 aromatic rings. The van der Waals surface area contributed by atoms with Crippen molar-refractivity contribution in [3.05, 3.63) is 83.8 Å². The molecule has 2 aromatic carbocycles. The van der Waals surface area contributed by atoms with E-state index in [9.17, 15) is 17.2 Å². The van der Waals surface area contributed by atoms with Crippen molar-refractivity contribution < 1.29 is 31.1 Å². The minimum atomic E-state index is -4.44. The number of hydrogen-bond donors (Lipinski definition) is 1. The van der Waals surface area contributed by atoms with E-state index in [-0.39, 0.29) is 11.6 Å². The highest BCUT2D eigenvalue weighted by Gasteiger charge is 2.23. The Balaban J connectivity index is 1.57. The number of fused-ring (bicyclic) bond motifs is 1. The quantitative estimate of drug-likeness (QED) is 0.254. The lowest BCUT2D eigenvalue weighted by atomic mass is 10.00. The van der Waals surface area contributed by atoms with Gasteiger partial charge in [0.25, 0.3) is 10.0 Å². The van der Waals surface area contributed by atoms with Crippen molar-refractivity contribution in [2.24, 2.45) is 0 Å². The number of aryl methyl sites for hydroxylation is 2. The van der Waals surface area contributed by atoms with Crippen LogP contribution in [0.15, 0.2) is 70.4 Å². The van der Waals surface area contributed by atoms with Crippen LogP contribution < -0.4 is 14.2 Å². The molecule has 0 aliphatic heterocycles. The van der Waals surface area contributed by atoms with Crippen molar-refractivity contribution in [3.8, 4) is 34.1 Å². The number of hydrogen-bond acceptors (Lipinski definition) is 7. The first-order valence-electron chi connectivity index (χ1n) is 11.7. The molecule has 5 rings (SSSR count). The maximum Gasteiger partial charge on any atom is 0.264 e. The van der Waals surface area contributed by atoms with Crippen LogP contribution in [0.1, 0.15) is 11.1 Å². The van der Waals surface area contributed by atoms with Gasteiger partial charge in [-0.3, -0.25) is 9.71 Å². The summed E-state index contributed by atoms with van der Waals surface area (Å²) >= 11 is 0. The summed E-state index contributed by atoms with van der Waals surface area (Å²) in [6, 6.07) is 9.38. The molecule has 0 amide bonds. The first-order valence-corrected chi connectivity index (χ1v) is 13.1. The molecule has 0 radical (unpaired) electrons. The zero-order valence-electron chi connectivity index (χ0n) is 21.4. The fourth-order valence-corrected chi connectivity index (χ4v) is 5.56. The van der Waals surface area contributed by atoms with Crippen LogP contribution >= 0.6 is 0 Å². The SMILES string of the molecule is COc1ncc(-c2cc3cncc(-c4cc(C)c(OC)c(C)c4)c3o2)cc1NS(=O)(=O)c1ccc(F)cc1F. The van der Waals surface area contributed by atoms with E-state index >= 15 is 0 Å². The van der Waals surface area contributed by atoms with Crippen molar-refractivity contribution in [1.29, 1.82) is 0 Å². The molecular formula is C28H23F2N3O5S. The molecule has 0 atom stereocenters. The van der Waals surface area contributed by atoms with E-state index < -0.39 is 26.6 Å². The van der Waals surface area contributed by atoms with Crippen LogP contribution in [0.3, 0.4) is 0 Å². The number of nitrogens with one attached hydrogen (secondary N) is 1. The maximum atomic E-state index is 14.2. The van der Waals surface area contributed by atoms with Crippen molar-refractivity contribution in [3.63, 3.8) is 0 Å². The summed E-state index contributed by atoms with van der Waals surface area (Å²) in [5.41, 5.74) is 4.54. The Kier molecular flexibility index (Phi) is 6.69. The second-order valence-corrected chi connectivity index (χ2v) is 10.5. The molecular weight excluding hydrogens is 528 g/mol. The summed E-state index contributed by atoms with van der Waals surface area (Å²) < 4.78 is 72.5. The third kappa shape index (κ3) is 4.88. The molecule has 0 fully saturated rings. The molecule has 0 spiro atoms. The molecule has 3 heterocycles. The van der Waals surface area contributed by atoms with Gasteiger partial charge in [0.05, 0.1) is 14.2 Å². The number of nitrogens with zero attached hydrogens (tertiary/aromatic N) is 2. The Morgan fingerprint density at radius 2 is 1.64 bits per heavy atom. The van der Waals surface area contributed by atoms with Gasteiger partial charge in [-0.15, -0.1) is 0 Å². The first kappa shape index (κ1) is 26.1. The average Bonchev–Trinajstić information content (AvgIpc) is 3.32. The van der Waals surface area contributed by atoms with Crippen LogP contribution in [0.25, 0.3) is 33.4 Å². The Bertz CT molecular complexity index is 1810. The number of pyridine rings is 2. The fraction of sp³-hybridized carbons (Fsp3) is 0.143. The number of rotatable bonds is 7. The largest absolute Gasteiger partial charge is 0.496 e. The van der Waals surface area contributed by atoms with Gasteiger partial charge in [-0.25, -0.2) is 22.2 Å². The van der Waals surface area contributed by atoms with E-state index in [2.05, 4.69) is 14.7 Å². The smallest absolute Gasteiger partial charge is 0.264 e. The highest BCUT2D eigenvalue weighted by atomic mass is 32.2. The predicted molar refractivity (Wildman–Crippen MR) is 142 cm³/mol. The van der Waals surface area contributed by atoms with E-state index in [1.54, 1.807) is 25.6 Å². The summed E-state index contributed by atoms with van der Waals surface area (Å²) in [7, 11) is -1.49. The van der Waals surface area contributed by atoms with Crippen molar-refractivity contribution in [2.45, 2.75) is 18.7 Å². The summed E-state index contributed by atoms with van der Waals surface area (Å²) in [4.78, 5) is 7.83. The number of benzene rings is 2. The number of sulfonamides is 1. The zero-order valence-corrected chi connectivity index (χ0v) is 22.2. The molecule has 0 saturated heterocycles. The van der Waals surface area contributed by atoms with Crippen LogP contribution in [0, 0.1) is 25.5 Å². The van der Waals surface area contributed by atoms with E-state index in [1.807, 2.05) is 26.0 Å². The van der Waals surface area contributed by atoms with Gasteiger partial charge in [-0.2, -0.15) is 0 Å². The molecule has 3 aromatic heterocycles. The van der Waals surface area contributed by atoms with E-state index in [0.717, 1.165) is 45.5 Å². The summed E-state index contributed by atoms with van der Waals surface area (Å²) in [5, 5.41) is 0.722. The monoisotopic (exact) mass is 551 g/mol. The summed E-state index contributed by atoms with van der Waals surface area (Å²) in [6.07, 6.45) is 4.83. The molecule has 39 heavy (non-hydrogen) atoms. The number of methoxy groups -OCH3 is 2. The number of ether oxygens (including phenoxy) is 2. The second-order valence-electron chi connectivity index (χ2n) is 8.82. The highest BCUT2D eigenvalue weighted by molar-refractivity contribution is 7.92. The summed E-state index contributed by atoms with van der Waals surface area (Å²) in [6.45, 7) is 3.92. The second kappa shape index (κ2) is 9.99. The van der Waals surface area contributed by atoms with Gasteiger partial charge in [0.2, 0.25) is 5.88 Å². The van der Waals surface area contributed by atoms with Crippen LogP contribution in [0.2, 0.25) is 0 Å². The molecule has 8 nitrogen and oxygen atoms in total. The van der Waals surface area contributed by atoms with Crippen LogP contribution in [0.5, 0.6) is 11.6 Å². The molecule has 11 heteroatoms. The molecule has 0 aliphatic carbocycles. The lowest BCUT2D eigenvalue weighted by molar-refractivity contribution is 0.400. The molecule has 0 aliphatic rings. The van der Waals surface area contributed by atoms with Gasteiger partial charge < -0.3 is 13.9 Å². The average molecular weight is 552 g/mol. The molecule has 0 unspecified atom stereocenters. The van der Waals surface area contributed by atoms with E-state index in [1.165, 1.54) is 19.4 Å². The van der Waals surface area contributed by atoms with Gasteiger partial charge in [0.15, 0.2) is 0 Å². The van der Waals surface area contributed by atoms with E-state index in [0.29, 0.717) is 23.0 Å². The lowest BCUT2D eigenvalue weighted by Gasteiger charge is -2.12. The zero-order chi connectivity index (χ0) is 27.9. The third-order valence-corrected chi connectivity index (χ3v) is 7.55. The fourth-order valence-electron chi connectivity index (χ4n) is 4.45. The molecule has 200 valence electrons. The number of aromatic nitrogens is 2. The van der Waals surface area contributed by atoms with Crippen LogP contribution in [-0.2, 0) is 10.0 Å². The first-order chi connectivity index (χ1) is 18.6.